The van der Waals surface area contributed by atoms with Gasteiger partial charge >= 0.3 is 6.09 Å². The van der Waals surface area contributed by atoms with E-state index >= 15 is 0 Å². The first-order chi connectivity index (χ1) is 9.35. The third-order valence-electron chi connectivity index (χ3n) is 3.24. The number of aromatic nitrogens is 2. The Morgan fingerprint density at radius 1 is 1.40 bits per heavy atom. The number of nitrogens with two attached hydrogens (primary N) is 1. The van der Waals surface area contributed by atoms with Crippen molar-refractivity contribution in [3.63, 3.8) is 0 Å². The van der Waals surface area contributed by atoms with E-state index in [4.69, 9.17) is 10.5 Å². The Bertz CT molecular complexity index is 467. The van der Waals surface area contributed by atoms with Crippen LogP contribution in [0.5, 0.6) is 0 Å². The molecule has 20 heavy (non-hydrogen) atoms. The van der Waals surface area contributed by atoms with Gasteiger partial charge in [-0.05, 0) is 39.2 Å². The summed E-state index contributed by atoms with van der Waals surface area (Å²) < 4.78 is 5.42. The summed E-state index contributed by atoms with van der Waals surface area (Å²) in [7, 11) is 0. The first-order valence-corrected chi connectivity index (χ1v) is 6.90. The van der Waals surface area contributed by atoms with Crippen molar-refractivity contribution in [2.45, 2.75) is 45.1 Å². The minimum Gasteiger partial charge on any atom is -0.444 e. The second-order valence-corrected chi connectivity index (χ2v) is 6.14. The number of nitrogen functional groups attached to an aromatic ring is 1. The highest BCUT2D eigenvalue weighted by Gasteiger charge is 2.28. The van der Waals surface area contributed by atoms with Crippen molar-refractivity contribution in [1.82, 2.24) is 14.9 Å². The van der Waals surface area contributed by atoms with Crippen molar-refractivity contribution >= 4 is 12.0 Å². The van der Waals surface area contributed by atoms with E-state index in [1.165, 1.54) is 0 Å². The lowest BCUT2D eigenvalue weighted by atomic mass is 9.93. The fraction of sp³-hybridized carbons (Fsp3) is 0.643. The second-order valence-electron chi connectivity index (χ2n) is 6.14. The number of carbonyl (C=O) groups is 1. The molecule has 0 spiro atoms. The van der Waals surface area contributed by atoms with Crippen molar-refractivity contribution in [2.75, 3.05) is 18.8 Å². The number of rotatable bonds is 1. The molecule has 1 unspecified atom stereocenters. The number of carbonyl (C=O) groups excluding carboxylic acids is 1. The van der Waals surface area contributed by atoms with Crippen LogP contribution < -0.4 is 5.73 Å². The molecule has 1 aromatic rings. The predicted molar refractivity (Wildman–Crippen MR) is 76.2 cm³/mol. The molecule has 0 saturated carbocycles. The number of hydrogen-bond acceptors (Lipinski definition) is 5. The second kappa shape index (κ2) is 5.64. The third-order valence-corrected chi connectivity index (χ3v) is 3.24. The number of piperidine rings is 1. The van der Waals surface area contributed by atoms with E-state index in [9.17, 15) is 4.79 Å². The molecule has 6 heteroatoms. The van der Waals surface area contributed by atoms with Crippen molar-refractivity contribution < 1.29 is 9.53 Å². The van der Waals surface area contributed by atoms with E-state index in [1.807, 2.05) is 20.8 Å². The smallest absolute Gasteiger partial charge is 0.410 e. The Hall–Kier alpha value is -1.85. The van der Waals surface area contributed by atoms with Gasteiger partial charge in [0.1, 0.15) is 5.60 Å². The third kappa shape index (κ3) is 3.82. The number of amides is 1. The summed E-state index contributed by atoms with van der Waals surface area (Å²) in [6, 6.07) is 0. The maximum Gasteiger partial charge on any atom is 0.410 e. The summed E-state index contributed by atoms with van der Waals surface area (Å²) >= 11 is 0. The highest BCUT2D eigenvalue weighted by molar-refractivity contribution is 5.68. The first-order valence-electron chi connectivity index (χ1n) is 6.90. The topological polar surface area (TPSA) is 81.3 Å². The molecule has 1 aliphatic heterocycles. The van der Waals surface area contributed by atoms with Gasteiger partial charge in [-0.25, -0.2) is 14.8 Å². The molecule has 6 nitrogen and oxygen atoms in total. The Labute approximate surface area is 119 Å². The van der Waals surface area contributed by atoms with Crippen LogP contribution in [0.3, 0.4) is 0 Å². The average molecular weight is 278 g/mol. The molecule has 1 amide bonds. The fourth-order valence-corrected chi connectivity index (χ4v) is 2.30. The summed E-state index contributed by atoms with van der Waals surface area (Å²) in [6.45, 7) is 7.00. The molecule has 0 aliphatic carbocycles. The van der Waals surface area contributed by atoms with E-state index in [0.29, 0.717) is 6.54 Å². The Morgan fingerprint density at radius 3 is 2.65 bits per heavy atom. The van der Waals surface area contributed by atoms with Gasteiger partial charge < -0.3 is 15.4 Å². The maximum absolute atomic E-state index is 12.1. The Kier molecular flexibility index (Phi) is 4.11. The monoisotopic (exact) mass is 278 g/mol. The molecule has 1 aromatic heterocycles. The van der Waals surface area contributed by atoms with Crippen molar-refractivity contribution in [3.8, 4) is 0 Å². The van der Waals surface area contributed by atoms with Gasteiger partial charge in [-0.15, -0.1) is 0 Å². The van der Waals surface area contributed by atoms with E-state index in [1.54, 1.807) is 17.3 Å². The number of hydrogen-bond donors (Lipinski definition) is 1. The quantitative estimate of drug-likeness (QED) is 0.851. The molecule has 2 N–H and O–H groups in total. The lowest BCUT2D eigenvalue weighted by Gasteiger charge is -2.34. The standard InChI is InChI=1S/C14H22N4O2/c1-14(2,3)20-13(19)18-6-4-5-10(9-18)11-7-16-12(15)17-8-11/h7-8,10H,4-6,9H2,1-3H3,(H2,15,16,17). The number of nitrogens with zero attached hydrogens (tertiary/aromatic N) is 3. The molecule has 1 fully saturated rings. The van der Waals surface area contributed by atoms with Gasteiger partial charge in [0.25, 0.3) is 0 Å². The van der Waals surface area contributed by atoms with Crippen LogP contribution >= 0.6 is 0 Å². The lowest BCUT2D eigenvalue weighted by molar-refractivity contribution is 0.0198. The molecule has 2 heterocycles. The zero-order valence-corrected chi connectivity index (χ0v) is 12.3. The normalized spacial score (nSPS) is 19.8. The minimum absolute atomic E-state index is 0.247. The summed E-state index contributed by atoms with van der Waals surface area (Å²) in [4.78, 5) is 21.9. The molecule has 0 radical (unpaired) electrons. The van der Waals surface area contributed by atoms with Crippen LogP contribution in [0.1, 0.15) is 45.1 Å². The van der Waals surface area contributed by atoms with Crippen LogP contribution in [0.4, 0.5) is 10.7 Å². The van der Waals surface area contributed by atoms with Crippen LogP contribution in [0.2, 0.25) is 0 Å². The highest BCUT2D eigenvalue weighted by Crippen LogP contribution is 2.27. The van der Waals surface area contributed by atoms with Crippen LogP contribution in [0, 0.1) is 0 Å². The van der Waals surface area contributed by atoms with Crippen molar-refractivity contribution in [3.05, 3.63) is 18.0 Å². The van der Waals surface area contributed by atoms with Crippen LogP contribution in [-0.2, 0) is 4.74 Å². The van der Waals surface area contributed by atoms with Gasteiger partial charge in [0.15, 0.2) is 0 Å². The van der Waals surface area contributed by atoms with Crippen LogP contribution in [0.25, 0.3) is 0 Å². The molecule has 1 aliphatic rings. The van der Waals surface area contributed by atoms with Gasteiger partial charge in [-0.1, -0.05) is 0 Å². The van der Waals surface area contributed by atoms with E-state index < -0.39 is 5.60 Å². The molecule has 1 atom stereocenters. The number of anilines is 1. The van der Waals surface area contributed by atoms with E-state index in [0.717, 1.165) is 24.9 Å². The lowest BCUT2D eigenvalue weighted by Crippen LogP contribution is -2.42. The summed E-state index contributed by atoms with van der Waals surface area (Å²) in [5.41, 5.74) is 6.05. The fourth-order valence-electron chi connectivity index (χ4n) is 2.30. The van der Waals surface area contributed by atoms with Gasteiger partial charge in [0.05, 0.1) is 0 Å². The van der Waals surface area contributed by atoms with Gasteiger partial charge in [-0.2, -0.15) is 0 Å². The largest absolute Gasteiger partial charge is 0.444 e. The predicted octanol–water partition coefficient (Wildman–Crippen LogP) is 2.17. The molecule has 0 bridgehead atoms. The average Bonchev–Trinajstić information content (AvgIpc) is 2.38. The SMILES string of the molecule is CC(C)(C)OC(=O)N1CCCC(c2cnc(N)nc2)C1. The zero-order chi connectivity index (χ0) is 14.8. The molecular formula is C14H22N4O2. The maximum atomic E-state index is 12.1. The van der Waals surface area contributed by atoms with Gasteiger partial charge in [-0.3, -0.25) is 0 Å². The van der Waals surface area contributed by atoms with Gasteiger partial charge in [0.2, 0.25) is 5.95 Å². The minimum atomic E-state index is -0.464. The molecular weight excluding hydrogens is 256 g/mol. The Morgan fingerprint density at radius 2 is 2.05 bits per heavy atom. The molecule has 110 valence electrons. The number of ether oxygens (including phenoxy) is 1. The zero-order valence-electron chi connectivity index (χ0n) is 12.3. The van der Waals surface area contributed by atoms with Crippen molar-refractivity contribution in [2.24, 2.45) is 0 Å². The van der Waals surface area contributed by atoms with E-state index in [2.05, 4.69) is 9.97 Å². The summed E-state index contributed by atoms with van der Waals surface area (Å²) in [5, 5.41) is 0. The molecule has 0 aromatic carbocycles. The van der Waals surface area contributed by atoms with Crippen molar-refractivity contribution in [1.29, 1.82) is 0 Å². The highest BCUT2D eigenvalue weighted by atomic mass is 16.6. The van der Waals surface area contributed by atoms with Crippen LogP contribution in [0.15, 0.2) is 12.4 Å². The first kappa shape index (κ1) is 14.6. The van der Waals surface area contributed by atoms with E-state index in [-0.39, 0.29) is 18.0 Å². The Balaban J connectivity index is 2.01. The summed E-state index contributed by atoms with van der Waals surface area (Å²) in [5.74, 6) is 0.519. The van der Waals surface area contributed by atoms with Gasteiger partial charge in [0, 0.05) is 31.4 Å². The summed E-state index contributed by atoms with van der Waals surface area (Å²) in [6.07, 6.45) is 5.21. The molecule has 2 rings (SSSR count). The molecule has 1 saturated heterocycles. The number of likely N-dealkylation sites (tertiary alicyclic amines) is 1. The van der Waals surface area contributed by atoms with Crippen LogP contribution in [-0.4, -0.2) is 39.7 Å².